The Bertz CT molecular complexity index is 743. The number of hydrogen-bond acceptors (Lipinski definition) is 4. The Morgan fingerprint density at radius 2 is 1.67 bits per heavy atom. The number of carbonyl (C=O) groups excluding carboxylic acids is 2. The topological polar surface area (TPSA) is 64.6 Å². The minimum absolute atomic E-state index is 0.0998. The number of rotatable bonds is 9. The highest BCUT2D eigenvalue weighted by Crippen LogP contribution is 2.20. The number of esters is 1. The number of para-hydroxylation sites is 1. The van der Waals surface area contributed by atoms with E-state index in [1.807, 2.05) is 54.6 Å². The molecule has 2 aromatic carbocycles. The van der Waals surface area contributed by atoms with E-state index in [0.717, 1.165) is 16.9 Å². The number of methoxy groups -OCH3 is 1. The van der Waals surface area contributed by atoms with E-state index in [-0.39, 0.29) is 24.4 Å². The summed E-state index contributed by atoms with van der Waals surface area (Å²) in [4.78, 5) is 24.6. The molecule has 2 aromatic rings. The molecule has 0 aliphatic heterocycles. The monoisotopic (exact) mass is 369 g/mol. The van der Waals surface area contributed by atoms with E-state index in [0.29, 0.717) is 12.8 Å². The van der Waals surface area contributed by atoms with Crippen LogP contribution < -0.4 is 10.1 Å². The molecule has 1 atom stereocenters. The Kier molecular flexibility index (Phi) is 7.86. The van der Waals surface area contributed by atoms with Crippen LogP contribution in [-0.2, 0) is 20.7 Å². The molecule has 5 nitrogen and oxygen atoms in total. The molecule has 27 heavy (non-hydrogen) atoms. The highest BCUT2D eigenvalue weighted by molar-refractivity contribution is 5.78. The molecule has 5 heteroatoms. The molecular weight excluding hydrogens is 342 g/mol. The SMILES string of the molecule is COc1ccccc1CCC(=O)NC(CC(=O)OC(C)C)c1ccccc1. The van der Waals surface area contributed by atoms with E-state index in [4.69, 9.17) is 9.47 Å². The first-order valence-electron chi connectivity index (χ1n) is 9.15. The van der Waals surface area contributed by atoms with Crippen LogP contribution >= 0.6 is 0 Å². The molecule has 0 aliphatic rings. The molecule has 0 fully saturated rings. The maximum absolute atomic E-state index is 12.5. The van der Waals surface area contributed by atoms with E-state index in [1.54, 1.807) is 21.0 Å². The molecule has 0 radical (unpaired) electrons. The van der Waals surface area contributed by atoms with Crippen molar-refractivity contribution in [3.05, 3.63) is 65.7 Å². The number of ether oxygens (including phenoxy) is 2. The third-order valence-electron chi connectivity index (χ3n) is 4.09. The summed E-state index contributed by atoms with van der Waals surface area (Å²) in [5.74, 6) is 0.321. The van der Waals surface area contributed by atoms with Crippen molar-refractivity contribution in [1.29, 1.82) is 0 Å². The first-order chi connectivity index (χ1) is 13.0. The van der Waals surface area contributed by atoms with Gasteiger partial charge in [-0.2, -0.15) is 0 Å². The standard InChI is InChI=1S/C22H27NO4/c1-16(2)27-22(25)15-19(17-9-5-4-6-10-17)23-21(24)14-13-18-11-7-8-12-20(18)26-3/h4-12,16,19H,13-15H2,1-3H3,(H,23,24). The average molecular weight is 369 g/mol. The highest BCUT2D eigenvalue weighted by atomic mass is 16.5. The van der Waals surface area contributed by atoms with Gasteiger partial charge in [0.05, 0.1) is 25.7 Å². The number of nitrogens with one attached hydrogen (secondary N) is 1. The number of amides is 1. The van der Waals surface area contributed by atoms with Gasteiger partial charge in [0.2, 0.25) is 5.91 Å². The molecule has 1 amide bonds. The highest BCUT2D eigenvalue weighted by Gasteiger charge is 2.20. The molecule has 2 rings (SSSR count). The zero-order valence-electron chi connectivity index (χ0n) is 16.1. The van der Waals surface area contributed by atoms with Crippen LogP contribution in [-0.4, -0.2) is 25.1 Å². The molecule has 1 N–H and O–H groups in total. The zero-order valence-corrected chi connectivity index (χ0v) is 16.1. The lowest BCUT2D eigenvalue weighted by atomic mass is 10.0. The fourth-order valence-electron chi connectivity index (χ4n) is 2.84. The second kappa shape index (κ2) is 10.4. The molecule has 0 saturated carbocycles. The van der Waals surface area contributed by atoms with Gasteiger partial charge in [-0.15, -0.1) is 0 Å². The van der Waals surface area contributed by atoms with Gasteiger partial charge in [0.1, 0.15) is 5.75 Å². The van der Waals surface area contributed by atoms with Gasteiger partial charge in [0.25, 0.3) is 0 Å². The van der Waals surface area contributed by atoms with E-state index < -0.39 is 6.04 Å². The van der Waals surface area contributed by atoms with Crippen LogP contribution in [0.1, 0.15) is 43.9 Å². The number of benzene rings is 2. The van der Waals surface area contributed by atoms with Gasteiger partial charge in [0.15, 0.2) is 0 Å². The van der Waals surface area contributed by atoms with Crippen molar-refractivity contribution in [2.45, 2.75) is 45.3 Å². The predicted octanol–water partition coefficient (Wildman–Crippen LogP) is 3.83. The summed E-state index contributed by atoms with van der Waals surface area (Å²) in [5, 5.41) is 2.96. The van der Waals surface area contributed by atoms with Gasteiger partial charge in [-0.25, -0.2) is 0 Å². The summed E-state index contributed by atoms with van der Waals surface area (Å²) >= 11 is 0. The third kappa shape index (κ3) is 6.77. The molecule has 1 unspecified atom stereocenters. The smallest absolute Gasteiger partial charge is 0.308 e. The van der Waals surface area contributed by atoms with Gasteiger partial charge in [0, 0.05) is 6.42 Å². The molecule has 0 spiro atoms. The zero-order chi connectivity index (χ0) is 19.6. The van der Waals surface area contributed by atoms with Crippen molar-refractivity contribution in [3.63, 3.8) is 0 Å². The van der Waals surface area contributed by atoms with E-state index in [9.17, 15) is 9.59 Å². The Labute approximate surface area is 160 Å². The Morgan fingerprint density at radius 3 is 2.33 bits per heavy atom. The van der Waals surface area contributed by atoms with Crippen LogP contribution in [0.5, 0.6) is 5.75 Å². The maximum atomic E-state index is 12.5. The number of carbonyl (C=O) groups is 2. The summed E-state index contributed by atoms with van der Waals surface area (Å²) in [6.45, 7) is 3.61. The minimum Gasteiger partial charge on any atom is -0.496 e. The first kappa shape index (κ1) is 20.5. The van der Waals surface area contributed by atoms with Crippen molar-refractivity contribution in [2.75, 3.05) is 7.11 Å². The second-order valence-corrected chi connectivity index (χ2v) is 6.59. The van der Waals surface area contributed by atoms with Crippen LogP contribution in [0.15, 0.2) is 54.6 Å². The summed E-state index contributed by atoms with van der Waals surface area (Å²) in [5.41, 5.74) is 1.86. The van der Waals surface area contributed by atoms with Crippen molar-refractivity contribution in [1.82, 2.24) is 5.32 Å². The van der Waals surface area contributed by atoms with E-state index in [1.165, 1.54) is 0 Å². The van der Waals surface area contributed by atoms with Crippen molar-refractivity contribution in [3.8, 4) is 5.75 Å². The normalized spacial score (nSPS) is 11.7. The minimum atomic E-state index is -0.414. The van der Waals surface area contributed by atoms with Gasteiger partial charge in [-0.1, -0.05) is 48.5 Å². The lowest BCUT2D eigenvalue weighted by Crippen LogP contribution is -2.31. The lowest BCUT2D eigenvalue weighted by molar-refractivity contribution is -0.148. The largest absolute Gasteiger partial charge is 0.496 e. The molecule has 0 aromatic heterocycles. The third-order valence-corrected chi connectivity index (χ3v) is 4.09. The summed E-state index contributed by atoms with van der Waals surface area (Å²) in [7, 11) is 1.62. The Balaban J connectivity index is 2.01. The van der Waals surface area contributed by atoms with Crippen LogP contribution in [0.3, 0.4) is 0 Å². The maximum Gasteiger partial charge on any atom is 0.308 e. The fraction of sp³-hybridized carbons (Fsp3) is 0.364. The van der Waals surface area contributed by atoms with Crippen LogP contribution in [0.4, 0.5) is 0 Å². The quantitative estimate of drug-likeness (QED) is 0.683. The Morgan fingerprint density at radius 1 is 1.00 bits per heavy atom. The van der Waals surface area contributed by atoms with Crippen molar-refractivity contribution >= 4 is 11.9 Å². The average Bonchev–Trinajstić information content (AvgIpc) is 2.66. The van der Waals surface area contributed by atoms with E-state index in [2.05, 4.69) is 5.32 Å². The lowest BCUT2D eigenvalue weighted by Gasteiger charge is -2.19. The fourth-order valence-corrected chi connectivity index (χ4v) is 2.84. The summed E-state index contributed by atoms with van der Waals surface area (Å²) in [6.07, 6.45) is 0.787. The summed E-state index contributed by atoms with van der Waals surface area (Å²) < 4.78 is 10.6. The van der Waals surface area contributed by atoms with Crippen molar-refractivity contribution in [2.24, 2.45) is 0 Å². The molecular formula is C22H27NO4. The molecule has 0 bridgehead atoms. The molecule has 144 valence electrons. The van der Waals surface area contributed by atoms with Crippen LogP contribution in [0, 0.1) is 0 Å². The second-order valence-electron chi connectivity index (χ2n) is 6.59. The number of aryl methyl sites for hydroxylation is 1. The first-order valence-corrected chi connectivity index (χ1v) is 9.15. The molecule has 0 aliphatic carbocycles. The Hall–Kier alpha value is -2.82. The van der Waals surface area contributed by atoms with Crippen LogP contribution in [0.2, 0.25) is 0 Å². The van der Waals surface area contributed by atoms with Gasteiger partial charge in [-0.3, -0.25) is 9.59 Å². The number of hydrogen-bond donors (Lipinski definition) is 1. The van der Waals surface area contributed by atoms with E-state index >= 15 is 0 Å². The summed E-state index contributed by atoms with van der Waals surface area (Å²) in [6, 6.07) is 16.7. The van der Waals surface area contributed by atoms with Crippen LogP contribution in [0.25, 0.3) is 0 Å². The van der Waals surface area contributed by atoms with Gasteiger partial charge >= 0.3 is 5.97 Å². The van der Waals surface area contributed by atoms with Gasteiger partial charge < -0.3 is 14.8 Å². The predicted molar refractivity (Wildman–Crippen MR) is 104 cm³/mol. The molecule has 0 saturated heterocycles. The van der Waals surface area contributed by atoms with Gasteiger partial charge in [-0.05, 0) is 37.5 Å². The molecule has 0 heterocycles. The van der Waals surface area contributed by atoms with Crippen molar-refractivity contribution < 1.29 is 19.1 Å².